The molecule has 3 rings (SSSR count). The zero-order valence-electron chi connectivity index (χ0n) is 11.2. The monoisotopic (exact) mass is 296 g/mol. The molecule has 0 aliphatic heterocycles. The van der Waals surface area contributed by atoms with Gasteiger partial charge in [0.05, 0.1) is 11.1 Å². The molecule has 0 saturated heterocycles. The lowest BCUT2D eigenvalue weighted by atomic mass is 10.1. The van der Waals surface area contributed by atoms with E-state index in [0.29, 0.717) is 22.6 Å². The van der Waals surface area contributed by atoms with Crippen molar-refractivity contribution < 1.29 is 4.79 Å². The van der Waals surface area contributed by atoms with E-state index in [1.165, 1.54) is 0 Å². The first-order valence-electron chi connectivity index (χ1n) is 6.60. The minimum atomic E-state index is -0.140. The molecule has 0 unspecified atom stereocenters. The van der Waals surface area contributed by atoms with Crippen LogP contribution in [0.5, 0.6) is 0 Å². The molecule has 2 aromatic carbocycles. The number of hydrogen-bond donors (Lipinski definition) is 1. The van der Waals surface area contributed by atoms with E-state index in [-0.39, 0.29) is 5.91 Å². The largest absolute Gasteiger partial charge is 0.348 e. The molecule has 1 N–H and O–H groups in total. The van der Waals surface area contributed by atoms with Crippen molar-refractivity contribution in [2.24, 2.45) is 0 Å². The number of benzene rings is 2. The third-order valence-corrected chi connectivity index (χ3v) is 3.45. The molecule has 3 aromatic rings. The van der Waals surface area contributed by atoms with Crippen LogP contribution in [0.1, 0.15) is 15.9 Å². The minimum Gasteiger partial charge on any atom is -0.348 e. The number of hydrogen-bond acceptors (Lipinski definition) is 2. The van der Waals surface area contributed by atoms with Crippen LogP contribution in [0.25, 0.3) is 10.9 Å². The number of halogens is 1. The first-order chi connectivity index (χ1) is 10.2. The lowest BCUT2D eigenvalue weighted by molar-refractivity contribution is 0.0952. The fourth-order valence-electron chi connectivity index (χ4n) is 2.21. The van der Waals surface area contributed by atoms with Crippen molar-refractivity contribution in [1.29, 1.82) is 0 Å². The summed E-state index contributed by atoms with van der Waals surface area (Å²) in [5.41, 5.74) is 2.25. The molecule has 1 aromatic heterocycles. The second-order valence-corrected chi connectivity index (χ2v) is 5.13. The van der Waals surface area contributed by atoms with Crippen LogP contribution in [0.3, 0.4) is 0 Å². The summed E-state index contributed by atoms with van der Waals surface area (Å²) in [6, 6.07) is 16.8. The number of nitrogens with one attached hydrogen (secondary N) is 1. The molecule has 0 radical (unpaired) electrons. The van der Waals surface area contributed by atoms with Gasteiger partial charge in [-0.05, 0) is 29.8 Å². The van der Waals surface area contributed by atoms with Gasteiger partial charge >= 0.3 is 0 Å². The van der Waals surface area contributed by atoms with Gasteiger partial charge in [0.25, 0.3) is 5.91 Å². The quantitative estimate of drug-likeness (QED) is 0.798. The van der Waals surface area contributed by atoms with Crippen LogP contribution in [0.15, 0.2) is 60.8 Å². The smallest absolute Gasteiger partial charge is 0.253 e. The Morgan fingerprint density at radius 2 is 1.90 bits per heavy atom. The van der Waals surface area contributed by atoms with Crippen LogP contribution in [-0.4, -0.2) is 10.9 Å². The van der Waals surface area contributed by atoms with E-state index in [1.54, 1.807) is 12.3 Å². The highest BCUT2D eigenvalue weighted by atomic mass is 35.5. The Kier molecular flexibility index (Phi) is 3.84. The van der Waals surface area contributed by atoms with Gasteiger partial charge in [-0.15, -0.1) is 0 Å². The van der Waals surface area contributed by atoms with Crippen LogP contribution < -0.4 is 5.32 Å². The highest BCUT2D eigenvalue weighted by Crippen LogP contribution is 2.16. The Bertz CT molecular complexity index is 796. The molecule has 0 aliphatic rings. The summed E-state index contributed by atoms with van der Waals surface area (Å²) in [6.45, 7) is 0.433. The maximum atomic E-state index is 12.3. The van der Waals surface area contributed by atoms with Gasteiger partial charge in [-0.1, -0.05) is 41.9 Å². The molecule has 104 valence electrons. The number of amides is 1. The summed E-state index contributed by atoms with van der Waals surface area (Å²) in [6.07, 6.45) is 1.69. The highest BCUT2D eigenvalue weighted by Gasteiger charge is 2.10. The van der Waals surface area contributed by atoms with Gasteiger partial charge in [-0.3, -0.25) is 9.78 Å². The van der Waals surface area contributed by atoms with Crippen molar-refractivity contribution in [3.8, 4) is 0 Å². The Labute approximate surface area is 127 Å². The zero-order chi connectivity index (χ0) is 14.7. The van der Waals surface area contributed by atoms with Gasteiger partial charge in [-0.25, -0.2) is 0 Å². The number of rotatable bonds is 3. The fourth-order valence-corrected chi connectivity index (χ4v) is 2.42. The number of pyridine rings is 1. The molecule has 0 fully saturated rings. The van der Waals surface area contributed by atoms with E-state index in [4.69, 9.17) is 11.6 Å². The molecule has 0 spiro atoms. The number of carbonyl (C=O) groups excluding carboxylic acids is 1. The minimum absolute atomic E-state index is 0.140. The van der Waals surface area contributed by atoms with Crippen LogP contribution in [0.4, 0.5) is 0 Å². The van der Waals surface area contributed by atoms with Gasteiger partial charge < -0.3 is 5.32 Å². The van der Waals surface area contributed by atoms with Crippen LogP contribution >= 0.6 is 11.6 Å². The molecular weight excluding hydrogens is 284 g/mol. The Morgan fingerprint density at radius 1 is 1.10 bits per heavy atom. The lowest BCUT2D eigenvalue weighted by Crippen LogP contribution is -2.23. The highest BCUT2D eigenvalue weighted by molar-refractivity contribution is 6.30. The first kappa shape index (κ1) is 13.6. The topological polar surface area (TPSA) is 42.0 Å². The average molecular weight is 297 g/mol. The van der Waals surface area contributed by atoms with Gasteiger partial charge in [0, 0.05) is 23.2 Å². The van der Waals surface area contributed by atoms with Crippen molar-refractivity contribution >= 4 is 28.4 Å². The van der Waals surface area contributed by atoms with Crippen molar-refractivity contribution in [3.63, 3.8) is 0 Å². The first-order valence-corrected chi connectivity index (χ1v) is 6.98. The molecule has 0 aliphatic carbocycles. The van der Waals surface area contributed by atoms with Crippen molar-refractivity contribution in [3.05, 3.63) is 76.9 Å². The zero-order valence-corrected chi connectivity index (χ0v) is 12.0. The molecule has 21 heavy (non-hydrogen) atoms. The van der Waals surface area contributed by atoms with E-state index < -0.39 is 0 Å². The second-order valence-electron chi connectivity index (χ2n) is 4.69. The maximum absolute atomic E-state index is 12.3. The second kappa shape index (κ2) is 5.94. The summed E-state index contributed by atoms with van der Waals surface area (Å²) in [5.74, 6) is -0.140. The molecular formula is C17H13ClN2O. The van der Waals surface area contributed by atoms with Crippen LogP contribution in [0.2, 0.25) is 5.02 Å². The molecule has 0 atom stereocenters. The van der Waals surface area contributed by atoms with E-state index in [2.05, 4.69) is 10.3 Å². The van der Waals surface area contributed by atoms with E-state index in [9.17, 15) is 4.79 Å². The van der Waals surface area contributed by atoms with Crippen molar-refractivity contribution in [2.75, 3.05) is 0 Å². The maximum Gasteiger partial charge on any atom is 0.253 e. The number of aromatic nitrogens is 1. The summed E-state index contributed by atoms with van der Waals surface area (Å²) >= 11 is 5.93. The van der Waals surface area contributed by atoms with E-state index in [1.807, 2.05) is 48.5 Å². The molecule has 4 heteroatoms. The Balaban J connectivity index is 1.81. The molecule has 3 nitrogen and oxygen atoms in total. The van der Waals surface area contributed by atoms with Crippen LogP contribution in [-0.2, 0) is 6.54 Å². The predicted octanol–water partition coefficient (Wildman–Crippen LogP) is 3.82. The van der Waals surface area contributed by atoms with Gasteiger partial charge in [0.1, 0.15) is 0 Å². The summed E-state index contributed by atoms with van der Waals surface area (Å²) in [5, 5.41) is 4.51. The third-order valence-electron chi connectivity index (χ3n) is 3.22. The number of fused-ring (bicyclic) bond motifs is 1. The number of carbonyl (C=O) groups is 1. The third kappa shape index (κ3) is 3.03. The lowest BCUT2D eigenvalue weighted by Gasteiger charge is -2.07. The number of para-hydroxylation sites is 1. The van der Waals surface area contributed by atoms with Gasteiger partial charge in [0.15, 0.2) is 0 Å². The van der Waals surface area contributed by atoms with Crippen molar-refractivity contribution in [1.82, 2.24) is 10.3 Å². The number of nitrogens with zero attached hydrogens (tertiary/aromatic N) is 1. The molecule has 1 heterocycles. The predicted molar refractivity (Wildman–Crippen MR) is 84.4 cm³/mol. The molecule has 1 amide bonds. The van der Waals surface area contributed by atoms with E-state index in [0.717, 1.165) is 10.9 Å². The van der Waals surface area contributed by atoms with Gasteiger partial charge in [-0.2, -0.15) is 0 Å². The fraction of sp³-hybridized carbons (Fsp3) is 0.0588. The van der Waals surface area contributed by atoms with Crippen molar-refractivity contribution in [2.45, 2.75) is 6.54 Å². The summed E-state index contributed by atoms with van der Waals surface area (Å²) < 4.78 is 0. The molecule has 0 saturated carbocycles. The van der Waals surface area contributed by atoms with E-state index >= 15 is 0 Å². The summed E-state index contributed by atoms with van der Waals surface area (Å²) in [4.78, 5) is 16.6. The normalized spacial score (nSPS) is 10.5. The average Bonchev–Trinajstić information content (AvgIpc) is 2.52. The van der Waals surface area contributed by atoms with Crippen LogP contribution in [0, 0.1) is 0 Å². The molecule has 0 bridgehead atoms. The Morgan fingerprint density at radius 3 is 2.76 bits per heavy atom. The SMILES string of the molecule is O=C(NCc1cccc(Cl)c1)c1cccc2cccnc12. The Hall–Kier alpha value is -2.39. The standard InChI is InChI=1S/C17H13ClN2O/c18-14-7-1-4-12(10-14)11-20-17(21)15-8-2-5-13-6-3-9-19-16(13)15/h1-10H,11H2,(H,20,21). The summed E-state index contributed by atoms with van der Waals surface area (Å²) in [7, 11) is 0. The van der Waals surface area contributed by atoms with Gasteiger partial charge in [0.2, 0.25) is 0 Å².